The third-order valence-corrected chi connectivity index (χ3v) is 2.39. The highest BCUT2D eigenvalue weighted by Crippen LogP contribution is 2.13. The van der Waals surface area contributed by atoms with Crippen LogP contribution in [0, 0.1) is 0 Å². The van der Waals surface area contributed by atoms with Gasteiger partial charge in [-0.05, 0) is 12.1 Å². The minimum atomic E-state index is -0.269. The molecule has 6 heteroatoms. The third-order valence-electron chi connectivity index (χ3n) is 2.39. The highest BCUT2D eigenvalue weighted by molar-refractivity contribution is 5.79. The molecule has 1 rings (SSSR count). The first kappa shape index (κ1) is 14.8. The van der Waals surface area contributed by atoms with E-state index in [2.05, 4.69) is 5.32 Å². The number of amides is 2. The summed E-state index contributed by atoms with van der Waals surface area (Å²) < 4.78 is 5.27. The number of benzene rings is 1. The number of nitrogen functional groups attached to an aromatic ring is 1. The largest absolute Gasteiger partial charge is 0.484 e. The van der Waals surface area contributed by atoms with Crippen molar-refractivity contribution >= 4 is 17.5 Å². The first-order valence-corrected chi connectivity index (χ1v) is 5.94. The SMILES string of the molecule is CN(C)C(=O)CCNC(=O)COc1cccc(N)c1. The fourth-order valence-electron chi connectivity index (χ4n) is 1.34. The molecule has 104 valence electrons. The van der Waals surface area contributed by atoms with Crippen LogP contribution in [0.4, 0.5) is 5.69 Å². The summed E-state index contributed by atoms with van der Waals surface area (Å²) in [5.74, 6) is 0.241. The summed E-state index contributed by atoms with van der Waals surface area (Å²) in [5, 5.41) is 2.61. The molecule has 0 aliphatic rings. The maximum Gasteiger partial charge on any atom is 0.257 e. The minimum absolute atomic E-state index is 0.0305. The van der Waals surface area contributed by atoms with E-state index in [1.165, 1.54) is 4.90 Å². The lowest BCUT2D eigenvalue weighted by atomic mass is 10.3. The second-order valence-corrected chi connectivity index (χ2v) is 4.25. The fourth-order valence-corrected chi connectivity index (χ4v) is 1.34. The highest BCUT2D eigenvalue weighted by Gasteiger charge is 2.06. The van der Waals surface area contributed by atoms with Gasteiger partial charge in [0.05, 0.1) is 0 Å². The Bertz CT molecular complexity index is 447. The molecule has 0 unspecified atom stereocenters. The van der Waals surface area contributed by atoms with Crippen LogP contribution >= 0.6 is 0 Å². The van der Waals surface area contributed by atoms with Crippen molar-refractivity contribution in [2.75, 3.05) is 33.0 Å². The van der Waals surface area contributed by atoms with E-state index >= 15 is 0 Å². The van der Waals surface area contributed by atoms with E-state index in [0.717, 1.165) is 0 Å². The fraction of sp³-hybridized carbons (Fsp3) is 0.385. The zero-order chi connectivity index (χ0) is 14.3. The summed E-state index contributed by atoms with van der Waals surface area (Å²) in [7, 11) is 3.35. The van der Waals surface area contributed by atoms with Gasteiger partial charge in [-0.25, -0.2) is 0 Å². The van der Waals surface area contributed by atoms with Gasteiger partial charge in [-0.15, -0.1) is 0 Å². The number of rotatable bonds is 6. The van der Waals surface area contributed by atoms with Crippen LogP contribution in [0.2, 0.25) is 0 Å². The Labute approximate surface area is 112 Å². The molecule has 1 aromatic rings. The standard InChI is InChI=1S/C13H19N3O3/c1-16(2)13(18)6-7-15-12(17)9-19-11-5-3-4-10(14)8-11/h3-5,8H,6-7,9,14H2,1-2H3,(H,15,17). The third kappa shape index (κ3) is 5.76. The lowest BCUT2D eigenvalue weighted by molar-refractivity contribution is -0.128. The molecule has 0 spiro atoms. The lowest BCUT2D eigenvalue weighted by Crippen LogP contribution is -2.33. The van der Waals surface area contributed by atoms with Crippen molar-refractivity contribution in [3.63, 3.8) is 0 Å². The summed E-state index contributed by atoms with van der Waals surface area (Å²) in [6.45, 7) is 0.204. The van der Waals surface area contributed by atoms with E-state index in [0.29, 0.717) is 18.0 Å². The van der Waals surface area contributed by atoms with Crippen LogP contribution in [0.5, 0.6) is 5.75 Å². The van der Waals surface area contributed by atoms with Crippen LogP contribution < -0.4 is 15.8 Å². The van der Waals surface area contributed by atoms with Gasteiger partial charge in [0.1, 0.15) is 5.75 Å². The zero-order valence-corrected chi connectivity index (χ0v) is 11.2. The van der Waals surface area contributed by atoms with Crippen LogP contribution in [0.1, 0.15) is 6.42 Å². The molecule has 0 aromatic heterocycles. The average molecular weight is 265 g/mol. The van der Waals surface area contributed by atoms with Crippen molar-refractivity contribution in [1.82, 2.24) is 10.2 Å². The van der Waals surface area contributed by atoms with E-state index in [1.807, 2.05) is 0 Å². The summed E-state index contributed by atoms with van der Waals surface area (Å²) >= 11 is 0. The molecule has 2 amide bonds. The molecule has 3 N–H and O–H groups in total. The van der Waals surface area contributed by atoms with Crippen LogP contribution in [-0.2, 0) is 9.59 Å². The van der Waals surface area contributed by atoms with E-state index in [9.17, 15) is 9.59 Å². The Hall–Kier alpha value is -2.24. The van der Waals surface area contributed by atoms with Crippen LogP contribution in [0.25, 0.3) is 0 Å². The lowest BCUT2D eigenvalue weighted by Gasteiger charge is -2.11. The van der Waals surface area contributed by atoms with Gasteiger partial charge in [0.2, 0.25) is 5.91 Å². The molecule has 0 aliphatic carbocycles. The monoisotopic (exact) mass is 265 g/mol. The molecule has 0 atom stereocenters. The summed E-state index contributed by atoms with van der Waals surface area (Å²) in [6.07, 6.45) is 0.275. The summed E-state index contributed by atoms with van der Waals surface area (Å²) in [5.41, 5.74) is 6.16. The van der Waals surface area contributed by atoms with Crippen molar-refractivity contribution < 1.29 is 14.3 Å². The average Bonchev–Trinajstić information content (AvgIpc) is 2.36. The molecule has 0 saturated heterocycles. The quantitative estimate of drug-likeness (QED) is 0.722. The van der Waals surface area contributed by atoms with Crippen molar-refractivity contribution in [3.05, 3.63) is 24.3 Å². The minimum Gasteiger partial charge on any atom is -0.484 e. The van der Waals surface area contributed by atoms with Crippen LogP contribution in [0.3, 0.4) is 0 Å². The Morgan fingerprint density at radius 1 is 1.37 bits per heavy atom. The second-order valence-electron chi connectivity index (χ2n) is 4.25. The number of anilines is 1. The molecular formula is C13H19N3O3. The molecule has 0 fully saturated rings. The topological polar surface area (TPSA) is 84.7 Å². The van der Waals surface area contributed by atoms with E-state index in [4.69, 9.17) is 10.5 Å². The molecule has 0 saturated carbocycles. The smallest absolute Gasteiger partial charge is 0.257 e. The van der Waals surface area contributed by atoms with Gasteiger partial charge in [-0.1, -0.05) is 6.07 Å². The maximum atomic E-state index is 11.5. The van der Waals surface area contributed by atoms with Gasteiger partial charge in [-0.3, -0.25) is 9.59 Å². The number of carbonyl (C=O) groups is 2. The predicted octanol–water partition coefficient (Wildman–Crippen LogP) is 0.242. The first-order valence-electron chi connectivity index (χ1n) is 5.94. The Balaban J connectivity index is 2.23. The molecule has 0 heterocycles. The molecule has 0 radical (unpaired) electrons. The van der Waals surface area contributed by atoms with Crippen molar-refractivity contribution in [2.24, 2.45) is 0 Å². The van der Waals surface area contributed by atoms with Crippen molar-refractivity contribution in [3.8, 4) is 5.75 Å². The molecule has 0 aliphatic heterocycles. The number of carbonyl (C=O) groups excluding carboxylic acids is 2. The van der Waals surface area contributed by atoms with E-state index < -0.39 is 0 Å². The van der Waals surface area contributed by atoms with Gasteiger partial charge in [0, 0.05) is 38.8 Å². The number of hydrogen-bond donors (Lipinski definition) is 2. The number of hydrogen-bond acceptors (Lipinski definition) is 4. The van der Waals surface area contributed by atoms with Gasteiger partial charge in [0.15, 0.2) is 6.61 Å². The van der Waals surface area contributed by atoms with Crippen LogP contribution in [-0.4, -0.2) is 44.0 Å². The predicted molar refractivity (Wildman–Crippen MR) is 72.7 cm³/mol. The molecule has 6 nitrogen and oxygen atoms in total. The molecule has 1 aromatic carbocycles. The van der Waals surface area contributed by atoms with Gasteiger partial charge < -0.3 is 20.7 Å². The summed E-state index contributed by atoms with van der Waals surface area (Å²) in [6, 6.07) is 6.85. The Kier molecular flexibility index (Phi) is 5.66. The number of nitrogens with zero attached hydrogens (tertiary/aromatic N) is 1. The van der Waals surface area contributed by atoms with Crippen molar-refractivity contribution in [2.45, 2.75) is 6.42 Å². The number of nitrogens with one attached hydrogen (secondary N) is 1. The highest BCUT2D eigenvalue weighted by atomic mass is 16.5. The van der Waals surface area contributed by atoms with E-state index in [1.54, 1.807) is 38.4 Å². The zero-order valence-electron chi connectivity index (χ0n) is 11.2. The Morgan fingerprint density at radius 3 is 2.74 bits per heavy atom. The summed E-state index contributed by atoms with van der Waals surface area (Å²) in [4.78, 5) is 24.2. The van der Waals surface area contributed by atoms with Gasteiger partial charge in [-0.2, -0.15) is 0 Å². The Morgan fingerprint density at radius 2 is 2.11 bits per heavy atom. The molecule has 0 bridgehead atoms. The number of nitrogens with two attached hydrogens (primary N) is 1. The first-order chi connectivity index (χ1) is 8.99. The van der Waals surface area contributed by atoms with Gasteiger partial charge >= 0.3 is 0 Å². The normalized spacial score (nSPS) is 9.79. The van der Waals surface area contributed by atoms with Crippen molar-refractivity contribution in [1.29, 1.82) is 0 Å². The maximum absolute atomic E-state index is 11.5. The van der Waals surface area contributed by atoms with E-state index in [-0.39, 0.29) is 24.8 Å². The molecule has 19 heavy (non-hydrogen) atoms. The van der Waals surface area contributed by atoms with Crippen LogP contribution in [0.15, 0.2) is 24.3 Å². The van der Waals surface area contributed by atoms with Gasteiger partial charge in [0.25, 0.3) is 5.91 Å². The second kappa shape index (κ2) is 7.25. The molecular weight excluding hydrogens is 246 g/mol. The number of ether oxygens (including phenoxy) is 1.